The molecule has 186 valence electrons. The van der Waals surface area contributed by atoms with E-state index in [9.17, 15) is 19.2 Å². The standard InChI is InChI=1S/C25H38O8/c1-16(2)19(26)30-12-25(13-31-20(27)17(3)4,14-32-21(28)18(5)6)15-33-22(29)24(10,11)23(7,8)9/h1,3,5,12-15H2,2,4,6-11H3. The molecule has 0 unspecified atom stereocenters. The highest BCUT2D eigenvalue weighted by Crippen LogP contribution is 2.39. The summed E-state index contributed by atoms with van der Waals surface area (Å²) in [5, 5.41) is 0. The molecule has 33 heavy (non-hydrogen) atoms. The number of carbonyl (C=O) groups is 4. The molecular weight excluding hydrogens is 428 g/mol. The number of hydrogen-bond acceptors (Lipinski definition) is 8. The van der Waals surface area contributed by atoms with Gasteiger partial charge in [0.2, 0.25) is 0 Å². The first-order chi connectivity index (χ1) is 14.9. The number of carbonyl (C=O) groups excluding carboxylic acids is 4. The molecule has 0 aromatic carbocycles. The van der Waals surface area contributed by atoms with Crippen molar-refractivity contribution in [2.24, 2.45) is 16.2 Å². The molecule has 0 fully saturated rings. The molecule has 0 radical (unpaired) electrons. The Morgan fingerprint density at radius 3 is 1.09 bits per heavy atom. The number of ether oxygens (including phenoxy) is 4. The molecule has 0 amide bonds. The first kappa shape index (κ1) is 30.1. The molecule has 0 spiro atoms. The summed E-state index contributed by atoms with van der Waals surface area (Å²) >= 11 is 0. The van der Waals surface area contributed by atoms with Gasteiger partial charge >= 0.3 is 23.9 Å². The zero-order valence-electron chi connectivity index (χ0n) is 21.2. The van der Waals surface area contributed by atoms with Crippen LogP contribution in [0.5, 0.6) is 0 Å². The fourth-order valence-corrected chi connectivity index (χ4v) is 1.98. The lowest BCUT2D eigenvalue weighted by Crippen LogP contribution is -2.46. The van der Waals surface area contributed by atoms with Crippen LogP contribution in [0.1, 0.15) is 55.4 Å². The zero-order chi connectivity index (χ0) is 26.2. The minimum atomic E-state index is -1.37. The smallest absolute Gasteiger partial charge is 0.333 e. The van der Waals surface area contributed by atoms with Gasteiger partial charge in [-0.2, -0.15) is 0 Å². The van der Waals surface area contributed by atoms with Gasteiger partial charge < -0.3 is 18.9 Å². The maximum atomic E-state index is 12.9. The molecule has 0 aliphatic carbocycles. The summed E-state index contributed by atoms with van der Waals surface area (Å²) in [6, 6.07) is 0. The van der Waals surface area contributed by atoms with Crippen molar-refractivity contribution < 1.29 is 38.1 Å². The van der Waals surface area contributed by atoms with Gasteiger partial charge in [0.05, 0.1) is 5.41 Å². The first-order valence-corrected chi connectivity index (χ1v) is 10.5. The van der Waals surface area contributed by atoms with Gasteiger partial charge in [-0.05, 0) is 40.0 Å². The molecule has 0 saturated heterocycles. The minimum Gasteiger partial charge on any atom is -0.464 e. The average Bonchev–Trinajstić information content (AvgIpc) is 2.70. The van der Waals surface area contributed by atoms with Gasteiger partial charge in [0.15, 0.2) is 0 Å². The van der Waals surface area contributed by atoms with E-state index >= 15 is 0 Å². The SMILES string of the molecule is C=C(C)C(=O)OCC(COC(=O)C(=C)C)(COC(=O)C(=C)C)COC(=O)C(C)(C)C(C)(C)C. The number of hydrogen-bond donors (Lipinski definition) is 0. The van der Waals surface area contributed by atoms with Crippen molar-refractivity contribution in [2.45, 2.75) is 55.4 Å². The largest absolute Gasteiger partial charge is 0.464 e. The van der Waals surface area contributed by atoms with Crippen molar-refractivity contribution in [3.8, 4) is 0 Å². The molecular formula is C25H38O8. The summed E-state index contributed by atoms with van der Waals surface area (Å²) in [4.78, 5) is 49.0. The minimum absolute atomic E-state index is 0.146. The summed E-state index contributed by atoms with van der Waals surface area (Å²) in [5.74, 6) is -2.60. The highest BCUT2D eigenvalue weighted by Gasteiger charge is 2.44. The fraction of sp³-hybridized carbons (Fsp3) is 0.600. The molecule has 0 bridgehead atoms. The molecule has 0 aromatic rings. The van der Waals surface area contributed by atoms with E-state index in [2.05, 4.69) is 19.7 Å². The Hall–Kier alpha value is -2.90. The van der Waals surface area contributed by atoms with Crippen molar-refractivity contribution in [3.05, 3.63) is 36.5 Å². The summed E-state index contributed by atoms with van der Waals surface area (Å²) in [6.07, 6.45) is 0. The zero-order valence-corrected chi connectivity index (χ0v) is 21.2. The first-order valence-electron chi connectivity index (χ1n) is 10.5. The summed E-state index contributed by atoms with van der Waals surface area (Å²) < 4.78 is 21.4. The molecule has 0 heterocycles. The lowest BCUT2D eigenvalue weighted by atomic mass is 9.69. The van der Waals surface area contributed by atoms with Crippen LogP contribution in [0.4, 0.5) is 0 Å². The maximum Gasteiger partial charge on any atom is 0.333 e. The third-order valence-electron chi connectivity index (χ3n) is 5.47. The summed E-state index contributed by atoms with van der Waals surface area (Å²) in [7, 11) is 0. The van der Waals surface area contributed by atoms with Crippen molar-refractivity contribution in [1.29, 1.82) is 0 Å². The number of esters is 4. The monoisotopic (exact) mass is 466 g/mol. The topological polar surface area (TPSA) is 105 Å². The Kier molecular flexibility index (Phi) is 10.8. The Morgan fingerprint density at radius 1 is 0.576 bits per heavy atom. The van der Waals surface area contributed by atoms with Crippen LogP contribution in [0.2, 0.25) is 0 Å². The van der Waals surface area contributed by atoms with Crippen LogP contribution in [0.15, 0.2) is 36.5 Å². The lowest BCUT2D eigenvalue weighted by Gasteiger charge is -2.38. The molecule has 0 aromatic heterocycles. The van der Waals surface area contributed by atoms with Crippen LogP contribution in [-0.2, 0) is 38.1 Å². The van der Waals surface area contributed by atoms with Crippen LogP contribution in [0, 0.1) is 16.2 Å². The third kappa shape index (κ3) is 9.24. The fourth-order valence-electron chi connectivity index (χ4n) is 1.98. The van der Waals surface area contributed by atoms with E-state index in [0.717, 1.165) is 0 Å². The second-order valence-corrected chi connectivity index (χ2v) is 10.0. The second-order valence-electron chi connectivity index (χ2n) is 10.0. The summed E-state index contributed by atoms with van der Waals surface area (Å²) in [6.45, 7) is 22.8. The quantitative estimate of drug-likeness (QED) is 0.242. The van der Waals surface area contributed by atoms with E-state index in [1.165, 1.54) is 20.8 Å². The van der Waals surface area contributed by atoms with Gasteiger partial charge in [0.1, 0.15) is 31.8 Å². The van der Waals surface area contributed by atoms with Crippen LogP contribution < -0.4 is 0 Å². The Balaban J connectivity index is 5.99. The van der Waals surface area contributed by atoms with E-state index in [0.29, 0.717) is 0 Å². The van der Waals surface area contributed by atoms with Crippen molar-refractivity contribution >= 4 is 23.9 Å². The Bertz CT molecular complexity index is 737. The predicted molar refractivity (Wildman–Crippen MR) is 124 cm³/mol. The highest BCUT2D eigenvalue weighted by molar-refractivity contribution is 5.88. The maximum absolute atomic E-state index is 12.9. The van der Waals surface area contributed by atoms with E-state index in [1.807, 2.05) is 20.8 Å². The Labute approximate surface area is 197 Å². The van der Waals surface area contributed by atoms with Gasteiger partial charge in [-0.15, -0.1) is 0 Å². The average molecular weight is 467 g/mol. The van der Waals surface area contributed by atoms with E-state index in [4.69, 9.17) is 18.9 Å². The predicted octanol–water partition coefficient (Wildman–Crippen LogP) is 3.95. The third-order valence-corrected chi connectivity index (χ3v) is 5.47. The molecule has 8 nitrogen and oxygen atoms in total. The van der Waals surface area contributed by atoms with Crippen molar-refractivity contribution in [3.63, 3.8) is 0 Å². The second kappa shape index (κ2) is 11.8. The van der Waals surface area contributed by atoms with Crippen molar-refractivity contribution in [2.75, 3.05) is 26.4 Å². The van der Waals surface area contributed by atoms with Gasteiger partial charge in [-0.1, -0.05) is 40.5 Å². The van der Waals surface area contributed by atoms with Crippen LogP contribution in [-0.4, -0.2) is 50.3 Å². The molecule has 0 N–H and O–H groups in total. The highest BCUT2D eigenvalue weighted by atomic mass is 16.6. The van der Waals surface area contributed by atoms with Crippen LogP contribution in [0.3, 0.4) is 0 Å². The van der Waals surface area contributed by atoms with Crippen molar-refractivity contribution in [1.82, 2.24) is 0 Å². The van der Waals surface area contributed by atoms with Gasteiger partial charge in [-0.25, -0.2) is 14.4 Å². The van der Waals surface area contributed by atoms with Crippen LogP contribution >= 0.6 is 0 Å². The molecule has 0 aliphatic heterocycles. The van der Waals surface area contributed by atoms with Gasteiger partial charge in [0, 0.05) is 16.7 Å². The summed E-state index contributed by atoms with van der Waals surface area (Å²) in [5.41, 5.74) is -2.22. The molecule has 0 atom stereocenters. The lowest BCUT2D eigenvalue weighted by molar-refractivity contribution is -0.175. The normalized spacial score (nSPS) is 11.8. The molecule has 0 aliphatic rings. The molecule has 0 rings (SSSR count). The van der Waals surface area contributed by atoms with E-state index in [-0.39, 0.29) is 43.1 Å². The molecule has 0 saturated carbocycles. The van der Waals surface area contributed by atoms with Gasteiger partial charge in [-0.3, -0.25) is 4.79 Å². The van der Waals surface area contributed by atoms with E-state index < -0.39 is 40.1 Å². The molecule has 8 heteroatoms. The van der Waals surface area contributed by atoms with Gasteiger partial charge in [0.25, 0.3) is 0 Å². The van der Waals surface area contributed by atoms with E-state index in [1.54, 1.807) is 13.8 Å². The Morgan fingerprint density at radius 2 is 0.848 bits per heavy atom. The van der Waals surface area contributed by atoms with Crippen LogP contribution in [0.25, 0.3) is 0 Å². The number of rotatable bonds is 12.